The lowest BCUT2D eigenvalue weighted by Crippen LogP contribution is -2.48. The summed E-state index contributed by atoms with van der Waals surface area (Å²) >= 11 is 0. The molecule has 0 aromatic rings. The molecule has 0 aliphatic carbocycles. The molecule has 0 fully saturated rings. The van der Waals surface area contributed by atoms with Gasteiger partial charge in [-0.25, -0.2) is 4.79 Å². The molecule has 0 radical (unpaired) electrons. The molecule has 0 aromatic heterocycles. The first-order valence-electron chi connectivity index (χ1n) is 6.82. The number of carboxylic acids is 2. The maximum Gasteiger partial charge on any atom is 0.430 e. The van der Waals surface area contributed by atoms with Gasteiger partial charge in [-0.3, -0.25) is 0 Å². The highest BCUT2D eigenvalue weighted by Gasteiger charge is 2.28. The van der Waals surface area contributed by atoms with Gasteiger partial charge in [0.05, 0.1) is 20.1 Å². The second kappa shape index (κ2) is 10.4. The number of aliphatic carboxylic acids is 2. The van der Waals surface area contributed by atoms with Gasteiger partial charge in [0.1, 0.15) is 5.97 Å². The van der Waals surface area contributed by atoms with E-state index in [1.807, 2.05) is 0 Å². The molecule has 0 heterocycles. The van der Waals surface area contributed by atoms with Gasteiger partial charge >= 0.3 is 12.1 Å². The summed E-state index contributed by atoms with van der Waals surface area (Å²) in [5.41, 5.74) is 0. The van der Waals surface area contributed by atoms with Crippen LogP contribution in [0.15, 0.2) is 0 Å². The van der Waals surface area contributed by atoms with Crippen molar-refractivity contribution in [2.24, 2.45) is 0 Å². The number of carbonyl (C=O) groups excluding carboxylic acids is 1. The first-order valence-corrected chi connectivity index (χ1v) is 6.82. The van der Waals surface area contributed by atoms with Crippen LogP contribution in [0.5, 0.6) is 0 Å². The molecule has 1 N–H and O–H groups in total. The van der Waals surface area contributed by atoms with Gasteiger partial charge < -0.3 is 19.5 Å². The standard InChI is InChI=1S/C11H23NO2.C2HF3O2/c1-4-6-8-12(3,9-7-5-2)10-11(13)14;3-2(4,5)1(6)7/h4-10H2,1-3H3;(H,6,7). The average molecular weight is 315 g/mol. The Morgan fingerprint density at radius 2 is 1.43 bits per heavy atom. The Hall–Kier alpha value is -1.31. The Morgan fingerprint density at radius 3 is 1.62 bits per heavy atom. The highest BCUT2D eigenvalue weighted by Crippen LogP contribution is 2.11. The molecule has 0 aliphatic rings. The zero-order valence-corrected chi connectivity index (χ0v) is 12.7. The lowest BCUT2D eigenvalue weighted by atomic mass is 10.2. The molecule has 0 saturated carbocycles. The van der Waals surface area contributed by atoms with Crippen LogP contribution in [0.25, 0.3) is 0 Å². The van der Waals surface area contributed by atoms with E-state index in [-0.39, 0.29) is 6.54 Å². The van der Waals surface area contributed by atoms with Crippen LogP contribution in [0.3, 0.4) is 0 Å². The van der Waals surface area contributed by atoms with Crippen LogP contribution >= 0.6 is 0 Å². The molecule has 0 amide bonds. The predicted octanol–water partition coefficient (Wildman–Crippen LogP) is 1.42. The van der Waals surface area contributed by atoms with Gasteiger partial charge in [0.2, 0.25) is 0 Å². The van der Waals surface area contributed by atoms with Crippen molar-refractivity contribution in [1.29, 1.82) is 0 Å². The molecule has 0 atom stereocenters. The fourth-order valence-electron chi connectivity index (χ4n) is 1.68. The molecule has 21 heavy (non-hydrogen) atoms. The van der Waals surface area contributed by atoms with E-state index in [1.54, 1.807) is 0 Å². The summed E-state index contributed by atoms with van der Waals surface area (Å²) in [6, 6.07) is 0. The van der Waals surface area contributed by atoms with Crippen molar-refractivity contribution in [3.63, 3.8) is 0 Å². The molecular weight excluding hydrogens is 291 g/mol. The van der Waals surface area contributed by atoms with Gasteiger partial charge in [-0.1, -0.05) is 26.7 Å². The zero-order chi connectivity index (χ0) is 17.1. The normalized spacial score (nSPS) is 11.5. The quantitative estimate of drug-likeness (QED) is 0.687. The molecule has 8 heteroatoms. The minimum atomic E-state index is -5.19. The highest BCUT2D eigenvalue weighted by atomic mass is 19.4. The fraction of sp³-hybridized carbons (Fsp3) is 0.846. The number of nitrogens with zero attached hydrogens (tertiary/aromatic N) is 1. The number of hydrogen-bond acceptors (Lipinski definition) is 3. The van der Waals surface area contributed by atoms with E-state index in [0.717, 1.165) is 38.8 Å². The summed E-state index contributed by atoms with van der Waals surface area (Å²) in [7, 11) is 2.06. The average Bonchev–Trinajstić information content (AvgIpc) is 2.33. The van der Waals surface area contributed by atoms with Crippen LogP contribution in [0.4, 0.5) is 13.2 Å². The molecule has 0 aliphatic heterocycles. The number of alkyl halides is 3. The number of unbranched alkanes of at least 4 members (excludes halogenated alkanes) is 2. The summed E-state index contributed by atoms with van der Waals surface area (Å²) in [6.45, 7) is 6.53. The van der Waals surface area contributed by atoms with Gasteiger partial charge in [-0.05, 0) is 12.8 Å². The van der Waals surface area contributed by atoms with E-state index in [2.05, 4.69) is 20.9 Å². The zero-order valence-electron chi connectivity index (χ0n) is 12.7. The number of rotatable bonds is 8. The Labute approximate surface area is 123 Å². The van der Waals surface area contributed by atoms with E-state index in [4.69, 9.17) is 15.0 Å². The van der Waals surface area contributed by atoms with Crippen LogP contribution < -0.4 is 5.11 Å². The summed E-state index contributed by atoms with van der Waals surface area (Å²) in [5.74, 6) is -3.69. The lowest BCUT2D eigenvalue weighted by Gasteiger charge is -2.32. The number of carboxylic acid groups (broad SMARTS) is 2. The van der Waals surface area contributed by atoms with E-state index >= 15 is 0 Å². The first kappa shape index (κ1) is 22.0. The Morgan fingerprint density at radius 1 is 1.10 bits per heavy atom. The van der Waals surface area contributed by atoms with Crippen molar-refractivity contribution < 1.29 is 37.5 Å². The summed E-state index contributed by atoms with van der Waals surface area (Å²) < 4.78 is 32.2. The Balaban J connectivity index is 0. The number of likely N-dealkylation sites (N-methyl/N-ethyl adjacent to an activating group) is 1. The Kier molecular flexibility index (Phi) is 10.9. The lowest BCUT2D eigenvalue weighted by molar-refractivity contribution is -0.903. The second-order valence-electron chi connectivity index (χ2n) is 5.11. The molecule has 5 nitrogen and oxygen atoms in total. The molecule has 0 unspecified atom stereocenters. The third-order valence-corrected chi connectivity index (χ3v) is 2.85. The maximum absolute atomic E-state index is 10.7. The van der Waals surface area contributed by atoms with Crippen molar-refractivity contribution in [3.05, 3.63) is 0 Å². The van der Waals surface area contributed by atoms with Gasteiger partial charge in [-0.2, -0.15) is 13.2 Å². The monoisotopic (exact) mass is 315 g/mol. The maximum atomic E-state index is 10.7. The van der Waals surface area contributed by atoms with Crippen LogP contribution in [0, 0.1) is 0 Å². The molecule has 0 aromatic carbocycles. The predicted molar refractivity (Wildman–Crippen MR) is 69.3 cm³/mol. The molecule has 0 spiro atoms. The Bertz CT molecular complexity index is 311. The molecular formula is C13H24F3NO4. The van der Waals surface area contributed by atoms with Crippen molar-refractivity contribution in [2.45, 2.75) is 45.7 Å². The van der Waals surface area contributed by atoms with Crippen molar-refractivity contribution in [3.8, 4) is 0 Å². The first-order chi connectivity index (χ1) is 9.48. The number of quaternary nitrogens is 1. The van der Waals surface area contributed by atoms with E-state index in [1.165, 1.54) is 0 Å². The largest absolute Gasteiger partial charge is 0.542 e. The van der Waals surface area contributed by atoms with Crippen molar-refractivity contribution in [1.82, 2.24) is 0 Å². The summed E-state index contributed by atoms with van der Waals surface area (Å²) in [5, 5.41) is 17.6. The van der Waals surface area contributed by atoms with Crippen molar-refractivity contribution >= 4 is 11.9 Å². The molecule has 126 valence electrons. The minimum Gasteiger partial charge on any atom is -0.542 e. The van der Waals surface area contributed by atoms with Crippen LogP contribution in [0.2, 0.25) is 0 Å². The van der Waals surface area contributed by atoms with Gasteiger partial charge in [0, 0.05) is 0 Å². The summed E-state index contributed by atoms with van der Waals surface area (Å²) in [4.78, 5) is 19.5. The summed E-state index contributed by atoms with van der Waals surface area (Å²) in [6.07, 6.45) is -0.680. The van der Waals surface area contributed by atoms with E-state index in [9.17, 15) is 18.0 Å². The molecule has 0 rings (SSSR count). The minimum absolute atomic E-state index is 0.264. The number of carbonyl (C=O) groups is 2. The fourth-order valence-corrected chi connectivity index (χ4v) is 1.68. The topological polar surface area (TPSA) is 77.4 Å². The van der Waals surface area contributed by atoms with E-state index in [0.29, 0.717) is 4.48 Å². The molecule has 0 bridgehead atoms. The molecule has 0 saturated heterocycles. The van der Waals surface area contributed by atoms with E-state index < -0.39 is 18.1 Å². The highest BCUT2D eigenvalue weighted by molar-refractivity contribution is 5.70. The van der Waals surface area contributed by atoms with Gasteiger partial charge in [0.25, 0.3) is 0 Å². The van der Waals surface area contributed by atoms with Gasteiger partial charge in [-0.15, -0.1) is 0 Å². The number of hydrogen-bond donors (Lipinski definition) is 1. The second-order valence-corrected chi connectivity index (χ2v) is 5.11. The third kappa shape index (κ3) is 13.4. The van der Waals surface area contributed by atoms with Crippen LogP contribution in [-0.4, -0.2) is 54.4 Å². The van der Waals surface area contributed by atoms with Crippen molar-refractivity contribution in [2.75, 3.05) is 26.7 Å². The number of halogens is 3. The van der Waals surface area contributed by atoms with Crippen LogP contribution in [-0.2, 0) is 9.59 Å². The SMILES string of the molecule is CCCC[N+](C)(CCCC)CC(=O)O.O=C([O-])C(F)(F)F. The van der Waals surface area contributed by atoms with Crippen LogP contribution in [0.1, 0.15) is 39.5 Å². The third-order valence-electron chi connectivity index (χ3n) is 2.85. The smallest absolute Gasteiger partial charge is 0.430 e. The van der Waals surface area contributed by atoms with Gasteiger partial charge in [0.15, 0.2) is 6.54 Å².